The standard InChI is InChI=1S/C29H52O4/c1-2-3-4-5-6-7-8-9-10-11-12-13-17-20-23-26-29(32)33-27-24-21-18-15-14-16-19-22-25-28(30)31/h6-7,9-10H,2-5,8,11-27H2,1H3,(H,30,31)/b7-6-,10-9-. The summed E-state index contributed by atoms with van der Waals surface area (Å²) in [5.41, 5.74) is 0. The van der Waals surface area contributed by atoms with Gasteiger partial charge in [0.15, 0.2) is 0 Å². The van der Waals surface area contributed by atoms with Crippen LogP contribution in [0.5, 0.6) is 0 Å². The highest BCUT2D eigenvalue weighted by Gasteiger charge is 2.02. The fourth-order valence-electron chi connectivity index (χ4n) is 3.78. The van der Waals surface area contributed by atoms with Crippen molar-refractivity contribution >= 4 is 11.9 Å². The number of carboxylic acid groups (broad SMARTS) is 1. The first kappa shape index (κ1) is 31.4. The van der Waals surface area contributed by atoms with Crippen LogP contribution in [-0.2, 0) is 14.3 Å². The molecule has 0 rings (SSSR count). The first-order valence-corrected chi connectivity index (χ1v) is 13.8. The molecule has 4 heteroatoms. The number of carboxylic acids is 1. The number of carbonyl (C=O) groups excluding carboxylic acids is 1. The molecule has 0 amide bonds. The Kier molecular flexibility index (Phi) is 25.4. The molecule has 0 saturated heterocycles. The number of carbonyl (C=O) groups is 2. The highest BCUT2D eigenvalue weighted by atomic mass is 16.5. The summed E-state index contributed by atoms with van der Waals surface area (Å²) in [5.74, 6) is -0.737. The average Bonchev–Trinajstić information content (AvgIpc) is 2.79. The van der Waals surface area contributed by atoms with Gasteiger partial charge in [0.2, 0.25) is 0 Å². The van der Waals surface area contributed by atoms with E-state index in [2.05, 4.69) is 31.2 Å². The molecule has 0 aromatic rings. The Labute approximate surface area is 204 Å². The zero-order valence-electron chi connectivity index (χ0n) is 21.5. The maximum atomic E-state index is 11.8. The zero-order valence-corrected chi connectivity index (χ0v) is 21.5. The second kappa shape index (κ2) is 26.7. The summed E-state index contributed by atoms with van der Waals surface area (Å²) in [6, 6.07) is 0. The van der Waals surface area contributed by atoms with Gasteiger partial charge in [-0.3, -0.25) is 9.59 Å². The summed E-state index contributed by atoms with van der Waals surface area (Å²) in [4.78, 5) is 22.2. The summed E-state index contributed by atoms with van der Waals surface area (Å²) in [6.45, 7) is 2.79. The quantitative estimate of drug-likeness (QED) is 0.0832. The van der Waals surface area contributed by atoms with Gasteiger partial charge in [0, 0.05) is 12.8 Å². The Hall–Kier alpha value is -1.58. The van der Waals surface area contributed by atoms with Gasteiger partial charge in [-0.25, -0.2) is 0 Å². The second-order valence-corrected chi connectivity index (χ2v) is 9.17. The first-order chi connectivity index (χ1) is 16.2. The number of allylic oxidation sites excluding steroid dienone is 4. The van der Waals surface area contributed by atoms with Gasteiger partial charge in [-0.2, -0.15) is 0 Å². The molecule has 0 aromatic heterocycles. The minimum atomic E-state index is -0.694. The second-order valence-electron chi connectivity index (χ2n) is 9.17. The lowest BCUT2D eigenvalue weighted by atomic mass is 10.1. The third kappa shape index (κ3) is 28.4. The van der Waals surface area contributed by atoms with Crippen molar-refractivity contribution in [1.82, 2.24) is 0 Å². The summed E-state index contributed by atoms with van der Waals surface area (Å²) in [7, 11) is 0. The molecule has 0 aromatic carbocycles. The predicted molar refractivity (Wildman–Crippen MR) is 140 cm³/mol. The predicted octanol–water partition coefficient (Wildman–Crippen LogP) is 8.94. The van der Waals surface area contributed by atoms with Gasteiger partial charge in [0.25, 0.3) is 0 Å². The van der Waals surface area contributed by atoms with E-state index < -0.39 is 5.97 Å². The number of unbranched alkanes of at least 4 members (excludes halogenated alkanes) is 15. The summed E-state index contributed by atoms with van der Waals surface area (Å²) in [6.07, 6.45) is 31.6. The number of rotatable bonds is 25. The van der Waals surface area contributed by atoms with E-state index in [0.717, 1.165) is 57.8 Å². The molecule has 0 aliphatic carbocycles. The minimum Gasteiger partial charge on any atom is -0.481 e. The van der Waals surface area contributed by atoms with Crippen LogP contribution in [-0.4, -0.2) is 23.7 Å². The third-order valence-electron chi connectivity index (χ3n) is 5.88. The number of aliphatic carboxylic acids is 1. The first-order valence-electron chi connectivity index (χ1n) is 13.8. The third-order valence-corrected chi connectivity index (χ3v) is 5.88. The molecule has 0 spiro atoms. The molecule has 1 N–H and O–H groups in total. The molecule has 0 radical (unpaired) electrons. The van der Waals surface area contributed by atoms with Crippen LogP contribution < -0.4 is 0 Å². The Bertz CT molecular complexity index is 496. The van der Waals surface area contributed by atoms with Gasteiger partial charge in [0.05, 0.1) is 6.61 Å². The summed E-state index contributed by atoms with van der Waals surface area (Å²) >= 11 is 0. The fourth-order valence-corrected chi connectivity index (χ4v) is 3.78. The molecule has 33 heavy (non-hydrogen) atoms. The minimum absolute atomic E-state index is 0.0425. The van der Waals surface area contributed by atoms with Gasteiger partial charge in [-0.05, 0) is 51.4 Å². The molecule has 0 fully saturated rings. The Morgan fingerprint density at radius 1 is 0.606 bits per heavy atom. The maximum Gasteiger partial charge on any atom is 0.305 e. The van der Waals surface area contributed by atoms with Crippen LogP contribution >= 0.6 is 0 Å². The molecule has 192 valence electrons. The van der Waals surface area contributed by atoms with Crippen molar-refractivity contribution in [2.75, 3.05) is 6.61 Å². The lowest BCUT2D eigenvalue weighted by Gasteiger charge is -2.05. The molecule has 0 aliphatic rings. The van der Waals surface area contributed by atoms with Crippen molar-refractivity contribution in [3.05, 3.63) is 24.3 Å². The molecule has 0 bridgehead atoms. The SMILES string of the molecule is CCCCC/C=C\C/C=C\CCCCCCCC(=O)OCCCCCCCCCCC(=O)O. The van der Waals surface area contributed by atoms with Gasteiger partial charge in [0.1, 0.15) is 0 Å². The van der Waals surface area contributed by atoms with Crippen LogP contribution in [0.3, 0.4) is 0 Å². The van der Waals surface area contributed by atoms with Crippen molar-refractivity contribution < 1.29 is 19.4 Å². The van der Waals surface area contributed by atoms with Crippen LogP contribution in [0.1, 0.15) is 142 Å². The Morgan fingerprint density at radius 2 is 1.09 bits per heavy atom. The van der Waals surface area contributed by atoms with Crippen LogP contribution in [0.2, 0.25) is 0 Å². The molecule has 0 unspecified atom stereocenters. The molecule has 0 saturated carbocycles. The maximum absolute atomic E-state index is 11.8. The smallest absolute Gasteiger partial charge is 0.305 e. The van der Waals surface area contributed by atoms with E-state index >= 15 is 0 Å². The van der Waals surface area contributed by atoms with E-state index in [9.17, 15) is 9.59 Å². The number of hydrogen-bond acceptors (Lipinski definition) is 3. The largest absolute Gasteiger partial charge is 0.481 e. The average molecular weight is 465 g/mol. The highest BCUT2D eigenvalue weighted by molar-refractivity contribution is 5.69. The van der Waals surface area contributed by atoms with Crippen molar-refractivity contribution in [3.63, 3.8) is 0 Å². The van der Waals surface area contributed by atoms with Crippen molar-refractivity contribution in [1.29, 1.82) is 0 Å². The van der Waals surface area contributed by atoms with E-state index in [0.29, 0.717) is 19.4 Å². The zero-order chi connectivity index (χ0) is 24.2. The van der Waals surface area contributed by atoms with Gasteiger partial charge in [-0.15, -0.1) is 0 Å². The van der Waals surface area contributed by atoms with E-state index in [4.69, 9.17) is 9.84 Å². The van der Waals surface area contributed by atoms with Crippen LogP contribution in [0.25, 0.3) is 0 Å². The van der Waals surface area contributed by atoms with E-state index in [1.165, 1.54) is 64.2 Å². The molecular weight excluding hydrogens is 412 g/mol. The number of ether oxygens (including phenoxy) is 1. The van der Waals surface area contributed by atoms with Crippen LogP contribution in [0, 0.1) is 0 Å². The topological polar surface area (TPSA) is 63.6 Å². The molecule has 0 aliphatic heterocycles. The molecular formula is C29H52O4. The molecule has 0 heterocycles. The Morgan fingerprint density at radius 3 is 1.67 bits per heavy atom. The highest BCUT2D eigenvalue weighted by Crippen LogP contribution is 2.11. The normalized spacial score (nSPS) is 11.5. The summed E-state index contributed by atoms with van der Waals surface area (Å²) in [5, 5.41) is 8.59. The fraction of sp³-hybridized carbons (Fsp3) is 0.793. The van der Waals surface area contributed by atoms with E-state index in [1.807, 2.05) is 0 Å². The van der Waals surface area contributed by atoms with Crippen molar-refractivity contribution in [2.24, 2.45) is 0 Å². The lowest BCUT2D eigenvalue weighted by Crippen LogP contribution is -2.05. The summed E-state index contributed by atoms with van der Waals surface area (Å²) < 4.78 is 5.33. The monoisotopic (exact) mass is 464 g/mol. The van der Waals surface area contributed by atoms with E-state index in [1.54, 1.807) is 0 Å². The van der Waals surface area contributed by atoms with Crippen LogP contribution in [0.15, 0.2) is 24.3 Å². The number of esters is 1. The van der Waals surface area contributed by atoms with E-state index in [-0.39, 0.29) is 5.97 Å². The van der Waals surface area contributed by atoms with Gasteiger partial charge < -0.3 is 9.84 Å². The molecule has 4 nitrogen and oxygen atoms in total. The van der Waals surface area contributed by atoms with Crippen LogP contribution in [0.4, 0.5) is 0 Å². The van der Waals surface area contributed by atoms with Crippen molar-refractivity contribution in [3.8, 4) is 0 Å². The van der Waals surface area contributed by atoms with Gasteiger partial charge >= 0.3 is 11.9 Å². The Balaban J connectivity index is 3.26. The lowest BCUT2D eigenvalue weighted by molar-refractivity contribution is -0.144. The van der Waals surface area contributed by atoms with Gasteiger partial charge in [-0.1, -0.05) is 102 Å². The number of hydrogen-bond donors (Lipinski definition) is 1. The molecule has 0 atom stereocenters. The van der Waals surface area contributed by atoms with Crippen molar-refractivity contribution in [2.45, 2.75) is 142 Å².